The van der Waals surface area contributed by atoms with Gasteiger partial charge in [-0.05, 0) is 33.6 Å². The predicted octanol–water partition coefficient (Wildman–Crippen LogP) is 1.52. The molecule has 1 saturated heterocycles. The summed E-state index contributed by atoms with van der Waals surface area (Å²) >= 11 is 0. The van der Waals surface area contributed by atoms with Crippen molar-refractivity contribution < 1.29 is 14.3 Å². The molecule has 2 fully saturated rings. The molecule has 1 heterocycles. The number of nitrogens with zero attached hydrogens (tertiary/aromatic N) is 2. The van der Waals surface area contributed by atoms with Crippen LogP contribution in [-0.4, -0.2) is 65.8 Å². The van der Waals surface area contributed by atoms with Gasteiger partial charge >= 0.3 is 12.1 Å². The van der Waals surface area contributed by atoms with Gasteiger partial charge in [-0.15, -0.1) is 0 Å². The average molecular weight is 326 g/mol. The molecule has 1 aliphatic carbocycles. The maximum atomic E-state index is 12.5. The van der Waals surface area contributed by atoms with Crippen LogP contribution >= 0.6 is 0 Å². The van der Waals surface area contributed by atoms with E-state index in [1.807, 2.05) is 20.8 Å². The summed E-state index contributed by atoms with van der Waals surface area (Å²) in [5.74, 6) is 0. The Labute approximate surface area is 138 Å². The van der Waals surface area contributed by atoms with E-state index >= 15 is 0 Å². The Kier molecular flexibility index (Phi) is 5.73. The summed E-state index contributed by atoms with van der Waals surface area (Å²) in [6.07, 6.45) is 4.12. The number of hydrogen-bond donors (Lipinski definition) is 2. The van der Waals surface area contributed by atoms with Crippen LogP contribution in [0.25, 0.3) is 0 Å². The minimum absolute atomic E-state index is 0.0591. The van der Waals surface area contributed by atoms with Crippen molar-refractivity contribution in [2.75, 3.05) is 26.2 Å². The molecule has 1 aliphatic heterocycles. The van der Waals surface area contributed by atoms with Crippen LogP contribution in [-0.2, 0) is 4.74 Å². The fraction of sp³-hybridized carbons (Fsp3) is 0.875. The second kappa shape index (κ2) is 7.38. The van der Waals surface area contributed by atoms with Gasteiger partial charge in [0.15, 0.2) is 0 Å². The molecule has 3 N–H and O–H groups in total. The van der Waals surface area contributed by atoms with E-state index in [0.717, 1.165) is 12.8 Å². The van der Waals surface area contributed by atoms with Crippen LogP contribution in [0.2, 0.25) is 0 Å². The first-order valence-electron chi connectivity index (χ1n) is 8.55. The highest BCUT2D eigenvalue weighted by Gasteiger charge is 2.34. The molecule has 1 saturated carbocycles. The van der Waals surface area contributed by atoms with Gasteiger partial charge in [-0.1, -0.05) is 12.8 Å². The van der Waals surface area contributed by atoms with Crippen molar-refractivity contribution in [1.29, 1.82) is 0 Å². The predicted molar refractivity (Wildman–Crippen MR) is 88.1 cm³/mol. The van der Waals surface area contributed by atoms with E-state index < -0.39 is 5.60 Å². The maximum Gasteiger partial charge on any atom is 0.410 e. The Hall–Kier alpha value is -1.50. The van der Waals surface area contributed by atoms with Gasteiger partial charge in [0.25, 0.3) is 0 Å². The van der Waals surface area contributed by atoms with E-state index in [9.17, 15) is 9.59 Å². The van der Waals surface area contributed by atoms with E-state index in [4.69, 9.17) is 10.5 Å². The molecule has 0 aromatic heterocycles. The number of nitrogens with one attached hydrogen (secondary N) is 1. The van der Waals surface area contributed by atoms with Crippen molar-refractivity contribution >= 4 is 12.1 Å². The van der Waals surface area contributed by atoms with Crippen molar-refractivity contribution in [3.05, 3.63) is 0 Å². The van der Waals surface area contributed by atoms with Crippen molar-refractivity contribution in [3.63, 3.8) is 0 Å². The number of hydrogen-bond acceptors (Lipinski definition) is 4. The smallest absolute Gasteiger partial charge is 0.410 e. The lowest BCUT2D eigenvalue weighted by molar-refractivity contribution is 0.00964. The van der Waals surface area contributed by atoms with Crippen molar-refractivity contribution in [3.8, 4) is 0 Å². The summed E-state index contributed by atoms with van der Waals surface area (Å²) < 4.78 is 5.40. The zero-order chi connectivity index (χ0) is 17.0. The Morgan fingerprint density at radius 2 is 1.87 bits per heavy atom. The molecule has 0 aromatic carbocycles. The monoisotopic (exact) mass is 326 g/mol. The van der Waals surface area contributed by atoms with E-state index in [0.29, 0.717) is 26.2 Å². The third-order valence-corrected chi connectivity index (χ3v) is 4.35. The highest BCUT2D eigenvalue weighted by atomic mass is 16.6. The van der Waals surface area contributed by atoms with Gasteiger partial charge in [0, 0.05) is 32.2 Å². The number of nitrogens with two attached hydrogens (primary N) is 1. The number of piperazine rings is 1. The third-order valence-electron chi connectivity index (χ3n) is 4.35. The highest BCUT2D eigenvalue weighted by molar-refractivity contribution is 5.76. The largest absolute Gasteiger partial charge is 0.444 e. The van der Waals surface area contributed by atoms with Crippen LogP contribution in [0.5, 0.6) is 0 Å². The van der Waals surface area contributed by atoms with Crippen LogP contribution in [0.3, 0.4) is 0 Å². The van der Waals surface area contributed by atoms with Crippen LogP contribution in [0.15, 0.2) is 0 Å². The van der Waals surface area contributed by atoms with Gasteiger partial charge in [-0.25, -0.2) is 9.59 Å². The molecule has 1 unspecified atom stereocenters. The molecule has 7 heteroatoms. The second-order valence-corrected chi connectivity index (χ2v) is 7.44. The molecule has 3 amide bonds. The van der Waals surface area contributed by atoms with Gasteiger partial charge < -0.3 is 25.6 Å². The number of urea groups is 1. The van der Waals surface area contributed by atoms with Gasteiger partial charge in [-0.2, -0.15) is 0 Å². The summed E-state index contributed by atoms with van der Waals surface area (Å²) in [6.45, 7) is 7.24. The molecule has 1 atom stereocenters. The summed E-state index contributed by atoms with van der Waals surface area (Å²) in [7, 11) is 0. The first kappa shape index (κ1) is 17.8. The molecule has 0 aromatic rings. The first-order chi connectivity index (χ1) is 10.8. The molecule has 132 valence electrons. The van der Waals surface area contributed by atoms with E-state index in [1.165, 1.54) is 12.8 Å². The van der Waals surface area contributed by atoms with Crippen LogP contribution in [0.1, 0.15) is 46.5 Å². The molecular formula is C16H30N4O3. The fourth-order valence-electron chi connectivity index (χ4n) is 3.14. The van der Waals surface area contributed by atoms with Gasteiger partial charge in [-0.3, -0.25) is 0 Å². The number of rotatable bonds is 2. The Morgan fingerprint density at radius 1 is 1.22 bits per heavy atom. The Morgan fingerprint density at radius 3 is 2.43 bits per heavy atom. The third kappa shape index (κ3) is 4.99. The zero-order valence-electron chi connectivity index (χ0n) is 14.5. The first-order valence-corrected chi connectivity index (χ1v) is 8.55. The van der Waals surface area contributed by atoms with Crippen LogP contribution in [0, 0.1) is 0 Å². The Balaban J connectivity index is 1.90. The lowest BCUT2D eigenvalue weighted by atomic mass is 10.1. The van der Waals surface area contributed by atoms with Crippen LogP contribution in [0.4, 0.5) is 9.59 Å². The second-order valence-electron chi connectivity index (χ2n) is 7.44. The van der Waals surface area contributed by atoms with Crippen molar-refractivity contribution in [2.24, 2.45) is 5.73 Å². The van der Waals surface area contributed by atoms with Gasteiger partial charge in [0.05, 0.1) is 6.04 Å². The highest BCUT2D eigenvalue weighted by Crippen LogP contribution is 2.19. The molecule has 0 bridgehead atoms. The average Bonchev–Trinajstić information content (AvgIpc) is 2.97. The fourth-order valence-corrected chi connectivity index (χ4v) is 3.14. The molecule has 7 nitrogen and oxygen atoms in total. The summed E-state index contributed by atoms with van der Waals surface area (Å²) in [6, 6.07) is 0.0543. The Bertz CT molecular complexity index is 430. The summed E-state index contributed by atoms with van der Waals surface area (Å²) in [4.78, 5) is 28.0. The topological polar surface area (TPSA) is 87.9 Å². The molecular weight excluding hydrogens is 296 g/mol. The summed E-state index contributed by atoms with van der Waals surface area (Å²) in [5, 5.41) is 3.09. The van der Waals surface area contributed by atoms with Crippen molar-refractivity contribution in [2.45, 2.75) is 64.1 Å². The van der Waals surface area contributed by atoms with E-state index in [-0.39, 0.29) is 24.2 Å². The minimum atomic E-state index is -0.522. The molecule has 0 spiro atoms. The van der Waals surface area contributed by atoms with E-state index in [1.54, 1.807) is 9.80 Å². The molecule has 23 heavy (non-hydrogen) atoms. The number of amides is 3. The normalized spacial score (nSPS) is 23.0. The van der Waals surface area contributed by atoms with Gasteiger partial charge in [0.2, 0.25) is 0 Å². The number of ether oxygens (including phenoxy) is 1. The quantitative estimate of drug-likeness (QED) is 0.805. The number of carbonyl (C=O) groups is 2. The standard InChI is InChI=1S/C16H30N4O3/c1-16(2,3)23-15(22)19-8-9-20(13(10-17)11-19)14(21)18-12-6-4-5-7-12/h12-13H,4-11,17H2,1-3H3,(H,18,21). The van der Waals surface area contributed by atoms with Crippen molar-refractivity contribution in [1.82, 2.24) is 15.1 Å². The lowest BCUT2D eigenvalue weighted by Gasteiger charge is -2.41. The summed E-state index contributed by atoms with van der Waals surface area (Å²) in [5.41, 5.74) is 5.31. The molecule has 0 radical (unpaired) electrons. The molecule has 2 rings (SSSR count). The van der Waals surface area contributed by atoms with E-state index in [2.05, 4.69) is 5.32 Å². The minimum Gasteiger partial charge on any atom is -0.444 e. The maximum absolute atomic E-state index is 12.5. The number of carbonyl (C=O) groups excluding carboxylic acids is 2. The zero-order valence-corrected chi connectivity index (χ0v) is 14.5. The van der Waals surface area contributed by atoms with Crippen LogP contribution < -0.4 is 11.1 Å². The lowest BCUT2D eigenvalue weighted by Crippen LogP contribution is -2.61. The SMILES string of the molecule is CC(C)(C)OC(=O)N1CCN(C(=O)NC2CCCC2)C(CN)C1. The molecule has 2 aliphatic rings. The van der Waals surface area contributed by atoms with Gasteiger partial charge in [0.1, 0.15) is 5.60 Å².